The zero-order chi connectivity index (χ0) is 21.1. The molecule has 0 unspecified atom stereocenters. The average Bonchev–Trinajstić information content (AvgIpc) is 3.02. The summed E-state index contributed by atoms with van der Waals surface area (Å²) in [5.74, 6) is -1.80. The van der Waals surface area contributed by atoms with Gasteiger partial charge in [-0.1, -0.05) is 22.0 Å². The fourth-order valence-corrected chi connectivity index (χ4v) is 3.29. The molecule has 1 fully saturated rings. The first-order valence-electron chi connectivity index (χ1n) is 8.96. The van der Waals surface area contributed by atoms with Crippen molar-refractivity contribution >= 4 is 51.0 Å². The van der Waals surface area contributed by atoms with E-state index in [0.29, 0.717) is 11.4 Å². The van der Waals surface area contributed by atoms with Crippen LogP contribution in [0.15, 0.2) is 40.9 Å². The molecule has 8 heteroatoms. The van der Waals surface area contributed by atoms with Gasteiger partial charge in [-0.05, 0) is 55.3 Å². The Morgan fingerprint density at radius 3 is 2.31 bits per heavy atom. The molecular formula is C21H19BrN2O5. The molecule has 0 bridgehead atoms. The number of nitrogens with zero attached hydrogens (tertiary/aromatic N) is 1. The van der Waals surface area contributed by atoms with Crippen LogP contribution >= 0.6 is 15.9 Å². The zero-order valence-electron chi connectivity index (χ0n) is 16.0. The van der Waals surface area contributed by atoms with E-state index in [9.17, 15) is 19.2 Å². The molecule has 7 nitrogen and oxygen atoms in total. The van der Waals surface area contributed by atoms with E-state index in [1.807, 2.05) is 26.0 Å². The summed E-state index contributed by atoms with van der Waals surface area (Å²) in [6.45, 7) is 3.37. The lowest BCUT2D eigenvalue weighted by atomic mass is 10.1. The summed E-state index contributed by atoms with van der Waals surface area (Å²) in [5, 5.41) is 2.69. The minimum Gasteiger partial charge on any atom is -0.452 e. The summed E-state index contributed by atoms with van der Waals surface area (Å²) in [6.07, 6.45) is 0.311. The smallest absolute Gasteiger partial charge is 0.338 e. The summed E-state index contributed by atoms with van der Waals surface area (Å²) in [4.78, 5) is 49.2. The van der Waals surface area contributed by atoms with E-state index in [-0.39, 0.29) is 30.2 Å². The number of halogens is 1. The Morgan fingerprint density at radius 1 is 1.07 bits per heavy atom. The van der Waals surface area contributed by atoms with Gasteiger partial charge in [0.25, 0.3) is 5.91 Å². The minimum absolute atomic E-state index is 0.151. The van der Waals surface area contributed by atoms with E-state index in [2.05, 4.69) is 21.2 Å². The van der Waals surface area contributed by atoms with Gasteiger partial charge in [0, 0.05) is 23.0 Å². The predicted octanol–water partition coefficient (Wildman–Crippen LogP) is 3.51. The first kappa shape index (κ1) is 20.7. The number of anilines is 2. The molecule has 1 aliphatic heterocycles. The molecule has 0 saturated carbocycles. The topological polar surface area (TPSA) is 92.8 Å². The summed E-state index contributed by atoms with van der Waals surface area (Å²) in [6, 6.07) is 9.65. The monoisotopic (exact) mass is 458 g/mol. The fraction of sp³-hybridized carbons (Fsp3) is 0.238. The Balaban J connectivity index is 1.62. The van der Waals surface area contributed by atoms with E-state index in [4.69, 9.17) is 4.74 Å². The number of aryl methyl sites for hydroxylation is 2. The molecule has 2 aromatic rings. The van der Waals surface area contributed by atoms with Crippen molar-refractivity contribution in [3.05, 3.63) is 57.6 Å². The quantitative estimate of drug-likeness (QED) is 0.546. The Bertz CT molecular complexity index is 979. The molecule has 0 aliphatic carbocycles. The van der Waals surface area contributed by atoms with Crippen LogP contribution in [-0.4, -0.2) is 30.3 Å². The van der Waals surface area contributed by atoms with Crippen molar-refractivity contribution in [1.82, 2.24) is 0 Å². The number of ether oxygens (including phenoxy) is 1. The van der Waals surface area contributed by atoms with Crippen LogP contribution in [0.25, 0.3) is 0 Å². The second kappa shape index (κ2) is 8.57. The normalized spacial score (nSPS) is 13.6. The van der Waals surface area contributed by atoms with Gasteiger partial charge >= 0.3 is 5.97 Å². The Labute approximate surface area is 176 Å². The largest absolute Gasteiger partial charge is 0.452 e. The van der Waals surface area contributed by atoms with Crippen molar-refractivity contribution in [2.45, 2.75) is 26.7 Å². The molecule has 0 radical (unpaired) electrons. The Morgan fingerprint density at radius 2 is 1.69 bits per heavy atom. The molecule has 2 aromatic carbocycles. The summed E-state index contributed by atoms with van der Waals surface area (Å²) >= 11 is 3.47. The number of hydrogen-bond acceptors (Lipinski definition) is 5. The SMILES string of the molecule is Cc1cc(NC(=O)COC(=O)c2cccc(N3C(=O)CCC3=O)c2)cc(C)c1Br. The molecule has 3 amide bonds. The Kier molecular flexibility index (Phi) is 6.12. The van der Waals surface area contributed by atoms with Gasteiger partial charge in [-0.2, -0.15) is 0 Å². The third-order valence-corrected chi connectivity index (χ3v) is 5.70. The fourth-order valence-electron chi connectivity index (χ4n) is 3.07. The molecule has 1 heterocycles. The van der Waals surface area contributed by atoms with Crippen LogP contribution in [0.5, 0.6) is 0 Å². The molecule has 0 atom stereocenters. The lowest BCUT2D eigenvalue weighted by molar-refractivity contribution is -0.121. The number of nitrogens with one attached hydrogen (secondary N) is 1. The highest BCUT2D eigenvalue weighted by Gasteiger charge is 2.30. The van der Waals surface area contributed by atoms with Crippen molar-refractivity contribution in [1.29, 1.82) is 0 Å². The van der Waals surface area contributed by atoms with Gasteiger partial charge in [0.1, 0.15) is 0 Å². The van der Waals surface area contributed by atoms with Crippen molar-refractivity contribution in [2.75, 3.05) is 16.8 Å². The van der Waals surface area contributed by atoms with Crippen molar-refractivity contribution in [2.24, 2.45) is 0 Å². The Hall–Kier alpha value is -3.00. The molecule has 1 aliphatic rings. The summed E-state index contributed by atoms with van der Waals surface area (Å²) < 4.78 is 6.04. The van der Waals surface area contributed by atoms with Gasteiger partial charge in [0.2, 0.25) is 11.8 Å². The van der Waals surface area contributed by atoms with E-state index in [1.165, 1.54) is 12.1 Å². The molecule has 0 spiro atoms. The number of imide groups is 1. The standard InChI is InChI=1S/C21H19BrN2O5/c1-12-8-15(9-13(2)20(12)22)23-17(25)11-29-21(28)14-4-3-5-16(10-14)24-18(26)6-7-19(24)27/h3-5,8-10H,6-7,11H2,1-2H3,(H,23,25). The highest BCUT2D eigenvalue weighted by molar-refractivity contribution is 9.10. The van der Waals surface area contributed by atoms with E-state index in [1.54, 1.807) is 12.1 Å². The number of amides is 3. The number of carbonyl (C=O) groups excluding carboxylic acids is 4. The molecule has 1 N–H and O–H groups in total. The van der Waals surface area contributed by atoms with Crippen LogP contribution in [0.4, 0.5) is 11.4 Å². The average molecular weight is 459 g/mol. The number of esters is 1. The number of carbonyl (C=O) groups is 4. The maximum absolute atomic E-state index is 12.3. The zero-order valence-corrected chi connectivity index (χ0v) is 17.5. The minimum atomic E-state index is -0.718. The van der Waals surface area contributed by atoms with Gasteiger partial charge in [0.05, 0.1) is 11.3 Å². The van der Waals surface area contributed by atoms with Crippen molar-refractivity contribution in [3.8, 4) is 0 Å². The van der Waals surface area contributed by atoms with Crippen LogP contribution in [0.2, 0.25) is 0 Å². The summed E-state index contributed by atoms with van der Waals surface area (Å²) in [7, 11) is 0. The van der Waals surface area contributed by atoms with Gasteiger partial charge < -0.3 is 10.1 Å². The van der Waals surface area contributed by atoms with Crippen LogP contribution < -0.4 is 10.2 Å². The first-order chi connectivity index (χ1) is 13.8. The summed E-state index contributed by atoms with van der Waals surface area (Å²) in [5.41, 5.74) is 3.02. The van der Waals surface area contributed by atoms with Gasteiger partial charge in [0.15, 0.2) is 6.61 Å². The van der Waals surface area contributed by atoms with Crippen LogP contribution in [-0.2, 0) is 19.1 Å². The van der Waals surface area contributed by atoms with Gasteiger partial charge in [-0.3, -0.25) is 19.3 Å². The van der Waals surface area contributed by atoms with Crippen molar-refractivity contribution in [3.63, 3.8) is 0 Å². The molecule has 0 aromatic heterocycles. The van der Waals surface area contributed by atoms with E-state index >= 15 is 0 Å². The maximum Gasteiger partial charge on any atom is 0.338 e. The number of hydrogen-bond donors (Lipinski definition) is 1. The number of benzene rings is 2. The van der Waals surface area contributed by atoms with E-state index < -0.39 is 18.5 Å². The lowest BCUT2D eigenvalue weighted by Gasteiger charge is -2.14. The van der Waals surface area contributed by atoms with Crippen LogP contribution in [0.1, 0.15) is 34.3 Å². The molecule has 150 valence electrons. The maximum atomic E-state index is 12.3. The van der Waals surface area contributed by atoms with Crippen LogP contribution in [0, 0.1) is 13.8 Å². The highest BCUT2D eigenvalue weighted by atomic mass is 79.9. The molecular weight excluding hydrogens is 440 g/mol. The van der Waals surface area contributed by atoms with Crippen molar-refractivity contribution < 1.29 is 23.9 Å². The third kappa shape index (κ3) is 4.71. The molecule has 29 heavy (non-hydrogen) atoms. The second-order valence-corrected chi connectivity index (χ2v) is 7.51. The molecule has 1 saturated heterocycles. The second-order valence-electron chi connectivity index (χ2n) is 6.72. The van der Waals surface area contributed by atoms with Gasteiger partial charge in [-0.15, -0.1) is 0 Å². The van der Waals surface area contributed by atoms with Gasteiger partial charge in [-0.25, -0.2) is 4.79 Å². The van der Waals surface area contributed by atoms with Crippen LogP contribution in [0.3, 0.4) is 0 Å². The number of rotatable bonds is 5. The lowest BCUT2D eigenvalue weighted by Crippen LogP contribution is -2.28. The predicted molar refractivity (Wildman–Crippen MR) is 111 cm³/mol. The first-order valence-corrected chi connectivity index (χ1v) is 9.75. The molecule has 3 rings (SSSR count). The highest BCUT2D eigenvalue weighted by Crippen LogP contribution is 2.25. The van der Waals surface area contributed by atoms with E-state index in [0.717, 1.165) is 20.5 Å². The third-order valence-electron chi connectivity index (χ3n) is 4.45.